The average Bonchev–Trinajstić information content (AvgIpc) is 3.10. The third kappa shape index (κ3) is 4.26. The first-order valence-corrected chi connectivity index (χ1v) is 10.1. The van der Waals surface area contributed by atoms with E-state index in [4.69, 9.17) is 16.3 Å². The molecule has 1 aromatic carbocycles. The predicted molar refractivity (Wildman–Crippen MR) is 110 cm³/mol. The van der Waals surface area contributed by atoms with Gasteiger partial charge in [-0.3, -0.25) is 4.79 Å². The largest absolute Gasteiger partial charge is 0.381 e. The molecular formula is C21H24ClN5O2. The summed E-state index contributed by atoms with van der Waals surface area (Å²) in [4.78, 5) is 21.4. The summed E-state index contributed by atoms with van der Waals surface area (Å²) in [6.07, 6.45) is 1.79. The van der Waals surface area contributed by atoms with Gasteiger partial charge in [0, 0.05) is 41.6 Å². The lowest BCUT2D eigenvalue weighted by Gasteiger charge is -2.38. The minimum Gasteiger partial charge on any atom is -0.381 e. The van der Waals surface area contributed by atoms with Crippen molar-refractivity contribution < 1.29 is 9.53 Å². The van der Waals surface area contributed by atoms with Gasteiger partial charge < -0.3 is 10.1 Å². The van der Waals surface area contributed by atoms with Gasteiger partial charge in [0.2, 0.25) is 5.91 Å². The van der Waals surface area contributed by atoms with Gasteiger partial charge in [-0.05, 0) is 50.5 Å². The van der Waals surface area contributed by atoms with E-state index in [1.54, 1.807) is 4.52 Å². The fraction of sp³-hybridized carbons (Fsp3) is 0.429. The molecule has 0 saturated carbocycles. The van der Waals surface area contributed by atoms with Gasteiger partial charge in [0.25, 0.3) is 5.78 Å². The van der Waals surface area contributed by atoms with E-state index >= 15 is 0 Å². The number of benzene rings is 1. The zero-order chi connectivity index (χ0) is 20.4. The first kappa shape index (κ1) is 19.8. The molecule has 0 unspecified atom stereocenters. The van der Waals surface area contributed by atoms with Crippen molar-refractivity contribution in [2.24, 2.45) is 0 Å². The Kier molecular flexibility index (Phi) is 5.52. The second-order valence-electron chi connectivity index (χ2n) is 7.64. The maximum Gasteiger partial charge on any atom is 0.252 e. The lowest BCUT2D eigenvalue weighted by atomic mass is 9.74. The number of carbonyl (C=O) groups excluding carboxylic acids is 1. The van der Waals surface area contributed by atoms with Crippen LogP contribution in [0.5, 0.6) is 0 Å². The molecule has 3 aromatic rings. The maximum absolute atomic E-state index is 12.6. The van der Waals surface area contributed by atoms with Crippen LogP contribution in [0.3, 0.4) is 0 Å². The summed E-state index contributed by atoms with van der Waals surface area (Å²) in [5.41, 5.74) is 2.77. The maximum atomic E-state index is 12.6. The molecule has 4 rings (SSSR count). The molecule has 0 atom stereocenters. The number of aryl methyl sites for hydroxylation is 2. The van der Waals surface area contributed by atoms with Crippen LogP contribution in [0, 0.1) is 13.8 Å². The van der Waals surface area contributed by atoms with Crippen LogP contribution in [-0.4, -0.2) is 45.2 Å². The smallest absolute Gasteiger partial charge is 0.252 e. The number of ether oxygens (including phenoxy) is 1. The molecule has 0 radical (unpaired) electrons. The first-order valence-electron chi connectivity index (χ1n) is 9.76. The molecule has 2 aromatic heterocycles. The third-order valence-corrected chi connectivity index (χ3v) is 5.73. The Labute approximate surface area is 174 Å². The molecule has 1 amide bonds. The molecule has 1 aliphatic heterocycles. The Hall–Kier alpha value is -2.51. The highest BCUT2D eigenvalue weighted by Gasteiger charge is 2.35. The number of nitrogens with one attached hydrogen (secondary N) is 1. The Morgan fingerprint density at radius 1 is 1.24 bits per heavy atom. The molecule has 1 N–H and O–H groups in total. The van der Waals surface area contributed by atoms with Crippen molar-refractivity contribution >= 4 is 23.3 Å². The standard InChI is InChI=1S/C21H24ClN5O2/c1-14-10-15(2)27-20(24-14)25-18(26-27)12-19(28)23-13-21(6-8-29-9-7-21)16-4-3-5-17(22)11-16/h3-5,10-11H,6-9,12-13H2,1-2H3,(H,23,28). The van der Waals surface area contributed by atoms with Crippen molar-refractivity contribution in [3.63, 3.8) is 0 Å². The normalized spacial score (nSPS) is 16.1. The van der Waals surface area contributed by atoms with E-state index < -0.39 is 0 Å². The van der Waals surface area contributed by atoms with Crippen LogP contribution >= 0.6 is 11.6 Å². The second kappa shape index (κ2) is 8.08. The number of fused-ring (bicyclic) bond motifs is 1. The lowest BCUT2D eigenvalue weighted by molar-refractivity contribution is -0.121. The molecule has 7 nitrogen and oxygen atoms in total. The molecule has 1 saturated heterocycles. The number of nitrogens with zero attached hydrogens (tertiary/aromatic N) is 4. The molecule has 29 heavy (non-hydrogen) atoms. The number of hydrogen-bond acceptors (Lipinski definition) is 5. The van der Waals surface area contributed by atoms with Crippen molar-refractivity contribution in [2.75, 3.05) is 19.8 Å². The molecule has 0 aliphatic carbocycles. The SMILES string of the molecule is Cc1cc(C)n2nc(CC(=O)NCC3(c4cccc(Cl)c4)CCOCC3)nc2n1. The monoisotopic (exact) mass is 413 g/mol. The van der Waals surface area contributed by atoms with Crippen LogP contribution in [0.15, 0.2) is 30.3 Å². The number of hydrogen-bond donors (Lipinski definition) is 1. The van der Waals surface area contributed by atoms with E-state index in [1.807, 2.05) is 38.1 Å². The first-order chi connectivity index (χ1) is 13.9. The van der Waals surface area contributed by atoms with Crippen LogP contribution in [0.2, 0.25) is 5.02 Å². The van der Waals surface area contributed by atoms with Crippen molar-refractivity contribution in [1.29, 1.82) is 0 Å². The van der Waals surface area contributed by atoms with Gasteiger partial charge in [0.15, 0.2) is 5.82 Å². The number of aromatic nitrogens is 4. The van der Waals surface area contributed by atoms with Gasteiger partial charge in [-0.25, -0.2) is 9.50 Å². The number of halogens is 1. The van der Waals surface area contributed by atoms with E-state index in [-0.39, 0.29) is 17.7 Å². The topological polar surface area (TPSA) is 81.4 Å². The Morgan fingerprint density at radius 2 is 2.03 bits per heavy atom. The van der Waals surface area contributed by atoms with Gasteiger partial charge in [-0.1, -0.05) is 23.7 Å². The highest BCUT2D eigenvalue weighted by atomic mass is 35.5. The Morgan fingerprint density at radius 3 is 2.79 bits per heavy atom. The van der Waals surface area contributed by atoms with Crippen molar-refractivity contribution in [2.45, 2.75) is 38.5 Å². The van der Waals surface area contributed by atoms with E-state index in [1.165, 1.54) is 0 Å². The highest BCUT2D eigenvalue weighted by Crippen LogP contribution is 2.35. The van der Waals surface area contributed by atoms with Crippen LogP contribution in [-0.2, 0) is 21.4 Å². The number of amides is 1. The van der Waals surface area contributed by atoms with Crippen molar-refractivity contribution in [3.05, 3.63) is 58.1 Å². The van der Waals surface area contributed by atoms with Gasteiger partial charge in [-0.2, -0.15) is 4.98 Å². The summed E-state index contributed by atoms with van der Waals surface area (Å²) >= 11 is 6.22. The summed E-state index contributed by atoms with van der Waals surface area (Å²) in [5.74, 6) is 0.876. The molecule has 152 valence electrons. The molecule has 1 aliphatic rings. The van der Waals surface area contributed by atoms with E-state index in [0.29, 0.717) is 36.4 Å². The molecule has 0 bridgehead atoms. The highest BCUT2D eigenvalue weighted by molar-refractivity contribution is 6.30. The minimum atomic E-state index is -0.180. The zero-order valence-electron chi connectivity index (χ0n) is 16.6. The molecule has 1 fully saturated rings. The second-order valence-corrected chi connectivity index (χ2v) is 8.07. The minimum absolute atomic E-state index is 0.108. The van der Waals surface area contributed by atoms with Crippen LogP contribution in [0.1, 0.15) is 35.6 Å². The van der Waals surface area contributed by atoms with E-state index in [2.05, 4.69) is 26.4 Å². The summed E-state index contributed by atoms with van der Waals surface area (Å²) in [6.45, 7) is 5.72. The van der Waals surface area contributed by atoms with Gasteiger partial charge in [-0.15, -0.1) is 5.10 Å². The van der Waals surface area contributed by atoms with Gasteiger partial charge >= 0.3 is 0 Å². The third-order valence-electron chi connectivity index (χ3n) is 5.49. The summed E-state index contributed by atoms with van der Waals surface area (Å²) in [5, 5.41) is 8.20. The summed E-state index contributed by atoms with van der Waals surface area (Å²) < 4.78 is 7.23. The fourth-order valence-corrected chi connectivity index (χ4v) is 4.09. The zero-order valence-corrected chi connectivity index (χ0v) is 17.4. The number of rotatable bonds is 5. The summed E-state index contributed by atoms with van der Waals surface area (Å²) in [6, 6.07) is 9.81. The fourth-order valence-electron chi connectivity index (χ4n) is 3.90. The van der Waals surface area contributed by atoms with Crippen molar-refractivity contribution in [3.8, 4) is 0 Å². The Bertz CT molecular complexity index is 1040. The molecule has 3 heterocycles. The van der Waals surface area contributed by atoms with E-state index in [0.717, 1.165) is 29.8 Å². The van der Waals surface area contributed by atoms with Crippen LogP contribution < -0.4 is 5.32 Å². The van der Waals surface area contributed by atoms with Gasteiger partial charge in [0.05, 0.1) is 6.42 Å². The van der Waals surface area contributed by atoms with Crippen molar-refractivity contribution in [1.82, 2.24) is 24.9 Å². The van der Waals surface area contributed by atoms with Gasteiger partial charge in [0.1, 0.15) is 0 Å². The lowest BCUT2D eigenvalue weighted by Crippen LogP contribution is -2.45. The predicted octanol–water partition coefficient (Wildman–Crippen LogP) is 2.80. The Balaban J connectivity index is 1.48. The average molecular weight is 414 g/mol. The molecular weight excluding hydrogens is 390 g/mol. The van der Waals surface area contributed by atoms with Crippen LogP contribution in [0.4, 0.5) is 0 Å². The van der Waals surface area contributed by atoms with E-state index in [9.17, 15) is 4.79 Å². The number of carbonyl (C=O) groups is 1. The quantitative estimate of drug-likeness (QED) is 0.695. The molecule has 0 spiro atoms. The molecule has 8 heteroatoms. The van der Waals surface area contributed by atoms with Crippen LogP contribution in [0.25, 0.3) is 5.78 Å². The summed E-state index contributed by atoms with van der Waals surface area (Å²) in [7, 11) is 0.